The zero-order chi connectivity index (χ0) is 41.9. The number of carbonyl (C=O) groups excluding carboxylic acids is 1. The van der Waals surface area contributed by atoms with Gasteiger partial charge in [-0.05, 0) is 19.3 Å². The summed E-state index contributed by atoms with van der Waals surface area (Å²) in [6, 6.07) is 0. The van der Waals surface area contributed by atoms with Crippen LogP contribution in [0.1, 0.15) is 323 Å². The second kappa shape index (κ2) is 52.5. The third-order valence-corrected chi connectivity index (χ3v) is 12.6. The number of unbranched alkanes of at least 4 members (excludes halogenated alkanes) is 43. The Balaban J connectivity index is 4.05. The molecule has 0 N–H and O–H groups in total. The van der Waals surface area contributed by atoms with Crippen LogP contribution in [0.5, 0.6) is 0 Å². The van der Waals surface area contributed by atoms with Gasteiger partial charge in [0.05, 0.1) is 6.61 Å². The maximum absolute atomic E-state index is 13.0. The second-order valence-electron chi connectivity index (χ2n) is 18.6. The van der Waals surface area contributed by atoms with Crippen molar-refractivity contribution in [3.05, 3.63) is 0 Å². The Morgan fingerprint density at radius 1 is 0.293 bits per heavy atom. The normalized spacial score (nSPS) is 12.1. The summed E-state index contributed by atoms with van der Waals surface area (Å²) in [4.78, 5) is 23.8. The summed E-state index contributed by atoms with van der Waals surface area (Å²) in [7, 11) is 0. The van der Waals surface area contributed by atoms with Crippen LogP contribution in [0.3, 0.4) is 0 Å². The maximum atomic E-state index is 13.0. The highest BCUT2D eigenvalue weighted by Crippen LogP contribution is 2.18. The average molecular weight is 821 g/mol. The molecule has 58 heavy (non-hydrogen) atoms. The minimum Gasteiger partial charge on any atom is -0.366 e. The number of carbonyl (C=O) groups is 1. The fraction of sp³-hybridized carbons (Fsp3) is 0.981. The third kappa shape index (κ3) is 48.1. The van der Waals surface area contributed by atoms with Crippen molar-refractivity contribution in [3.63, 3.8) is 0 Å². The lowest BCUT2D eigenvalue weighted by molar-refractivity contribution is -0.280. The highest BCUT2D eigenvalue weighted by molar-refractivity contribution is 5.74. The first-order valence-electron chi connectivity index (χ1n) is 27.2. The summed E-state index contributed by atoms with van der Waals surface area (Å²) in [6.07, 6.45) is 62.4. The van der Waals surface area contributed by atoms with Gasteiger partial charge in [0.2, 0.25) is 0 Å². The molecule has 0 bridgehead atoms. The van der Waals surface area contributed by atoms with Crippen LogP contribution in [-0.4, -0.2) is 25.3 Å². The Morgan fingerprint density at radius 2 is 0.517 bits per heavy atom. The fourth-order valence-corrected chi connectivity index (χ4v) is 8.53. The quantitative estimate of drug-likeness (QED) is 0.0348. The number of rotatable bonds is 52. The molecule has 0 aliphatic heterocycles. The zero-order valence-corrected chi connectivity index (χ0v) is 40.4. The molecule has 0 rings (SSSR count). The molecule has 0 saturated heterocycles. The first-order chi connectivity index (χ1) is 28.8. The molecule has 0 aliphatic rings. The van der Waals surface area contributed by atoms with Gasteiger partial charge in [-0.2, -0.15) is 4.89 Å². The molecule has 0 aromatic heterocycles. The number of hydrogen-bond donors (Lipinski definition) is 0. The van der Waals surface area contributed by atoms with Crippen LogP contribution in [0.2, 0.25) is 0 Å². The lowest BCUT2D eigenvalue weighted by Gasteiger charge is -2.16. The maximum Gasteiger partial charge on any atom is 0.370 e. The van der Waals surface area contributed by atoms with Crippen molar-refractivity contribution in [3.8, 4) is 0 Å². The van der Waals surface area contributed by atoms with Gasteiger partial charge in [-0.15, -0.1) is 0 Å². The molecule has 0 aromatic rings. The Morgan fingerprint density at radius 3 is 0.793 bits per heavy atom. The molecule has 0 amide bonds. The van der Waals surface area contributed by atoms with Gasteiger partial charge < -0.3 is 4.74 Å². The van der Waals surface area contributed by atoms with Gasteiger partial charge in [-0.1, -0.05) is 303 Å². The van der Waals surface area contributed by atoms with Crippen LogP contribution in [0.15, 0.2) is 0 Å². The van der Waals surface area contributed by atoms with Crippen LogP contribution in [-0.2, 0) is 19.3 Å². The van der Waals surface area contributed by atoms with E-state index in [1.807, 2.05) is 0 Å². The van der Waals surface area contributed by atoms with Gasteiger partial charge in [0.25, 0.3) is 0 Å². The zero-order valence-electron chi connectivity index (χ0n) is 40.4. The van der Waals surface area contributed by atoms with Gasteiger partial charge in [0.1, 0.15) is 0 Å². The van der Waals surface area contributed by atoms with E-state index in [1.165, 1.54) is 270 Å². The van der Waals surface area contributed by atoms with Crippen molar-refractivity contribution in [1.82, 2.24) is 0 Å². The summed E-state index contributed by atoms with van der Waals surface area (Å²) in [5.74, 6) is -0.317. The molecule has 0 saturated carbocycles. The van der Waals surface area contributed by atoms with Gasteiger partial charge >= 0.3 is 5.97 Å². The van der Waals surface area contributed by atoms with Gasteiger partial charge in [0.15, 0.2) is 6.10 Å². The van der Waals surface area contributed by atoms with E-state index < -0.39 is 6.10 Å². The van der Waals surface area contributed by atoms with Gasteiger partial charge in [-0.3, -0.25) is 4.89 Å². The highest BCUT2D eigenvalue weighted by Gasteiger charge is 2.21. The molecule has 0 heterocycles. The van der Waals surface area contributed by atoms with Crippen molar-refractivity contribution in [1.29, 1.82) is 0 Å². The molecule has 0 fully saturated rings. The van der Waals surface area contributed by atoms with E-state index in [-0.39, 0.29) is 5.97 Å². The van der Waals surface area contributed by atoms with Crippen molar-refractivity contribution < 1.29 is 19.3 Å². The topological polar surface area (TPSA) is 44.8 Å². The molecule has 348 valence electrons. The van der Waals surface area contributed by atoms with E-state index in [1.54, 1.807) is 0 Å². The van der Waals surface area contributed by atoms with Crippen molar-refractivity contribution in [2.45, 2.75) is 329 Å². The van der Waals surface area contributed by atoms with Crippen molar-refractivity contribution in [2.75, 3.05) is 13.2 Å². The Hall–Kier alpha value is -0.610. The second-order valence-corrected chi connectivity index (χ2v) is 18.6. The summed E-state index contributed by atoms with van der Waals surface area (Å²) < 4.78 is 6.17. The highest BCUT2D eigenvalue weighted by atomic mass is 17.2. The van der Waals surface area contributed by atoms with Crippen LogP contribution in [0, 0.1) is 0 Å². The van der Waals surface area contributed by atoms with E-state index in [0.29, 0.717) is 13.2 Å². The minimum atomic E-state index is -0.487. The summed E-state index contributed by atoms with van der Waals surface area (Å²) in [5, 5.41) is 0. The van der Waals surface area contributed by atoms with Crippen molar-refractivity contribution in [2.24, 2.45) is 0 Å². The van der Waals surface area contributed by atoms with Gasteiger partial charge in [-0.25, -0.2) is 4.79 Å². The largest absolute Gasteiger partial charge is 0.370 e. The first-order valence-corrected chi connectivity index (χ1v) is 27.2. The first kappa shape index (κ1) is 57.4. The third-order valence-electron chi connectivity index (χ3n) is 12.6. The summed E-state index contributed by atoms with van der Waals surface area (Å²) >= 11 is 0. The lowest BCUT2D eigenvalue weighted by atomic mass is 10.0. The van der Waals surface area contributed by atoms with Crippen LogP contribution >= 0.6 is 0 Å². The number of hydrogen-bond acceptors (Lipinski definition) is 4. The Kier molecular flexibility index (Phi) is 52.0. The Bertz CT molecular complexity index is 741. The molecule has 1 unspecified atom stereocenters. The molecular formula is C54H108O4. The molecule has 1 atom stereocenters. The molecule has 4 heteroatoms. The summed E-state index contributed by atoms with van der Waals surface area (Å²) in [6.45, 7) is 8.03. The molecule has 4 nitrogen and oxygen atoms in total. The fourth-order valence-electron chi connectivity index (χ4n) is 8.53. The van der Waals surface area contributed by atoms with Crippen LogP contribution in [0.4, 0.5) is 0 Å². The van der Waals surface area contributed by atoms with Crippen LogP contribution in [0.25, 0.3) is 0 Å². The molecule has 0 aliphatic carbocycles. The van der Waals surface area contributed by atoms with Crippen LogP contribution < -0.4 is 0 Å². The predicted octanol–water partition coefficient (Wildman–Crippen LogP) is 19.2. The van der Waals surface area contributed by atoms with E-state index in [9.17, 15) is 4.79 Å². The average Bonchev–Trinajstić information content (AvgIpc) is 3.23. The number of ether oxygens (including phenoxy) is 1. The van der Waals surface area contributed by atoms with Gasteiger partial charge in [0, 0.05) is 6.61 Å². The minimum absolute atomic E-state index is 0.317. The smallest absolute Gasteiger partial charge is 0.366 e. The standard InChI is InChI=1S/C54H108O4/c1-4-7-10-13-16-19-22-25-28-30-33-36-39-42-45-48-51-56-53(50-47-44-41-38-35-32-27-24-21-18-15-12-9-6-3)54(55)58-57-52-49-46-43-40-37-34-31-29-26-23-20-17-14-11-8-5-2/h53H,4-52H2,1-3H3. The monoisotopic (exact) mass is 821 g/mol. The van der Waals surface area contributed by atoms with E-state index >= 15 is 0 Å². The molecule has 0 radical (unpaired) electrons. The molecule has 0 aromatic carbocycles. The molecule has 0 spiro atoms. The predicted molar refractivity (Wildman–Crippen MR) is 256 cm³/mol. The van der Waals surface area contributed by atoms with E-state index in [0.717, 1.165) is 32.1 Å². The lowest BCUT2D eigenvalue weighted by Crippen LogP contribution is -2.27. The summed E-state index contributed by atoms with van der Waals surface area (Å²) in [5.41, 5.74) is 0. The van der Waals surface area contributed by atoms with E-state index in [4.69, 9.17) is 14.5 Å². The molecular weight excluding hydrogens is 713 g/mol. The SMILES string of the molecule is CCCCCCCCCCCCCCCCCCOOC(=O)C(CCCCCCCCCCCCCCCC)OCCCCCCCCCCCCCCCCCC. The Labute approximate surface area is 366 Å². The van der Waals surface area contributed by atoms with Crippen molar-refractivity contribution >= 4 is 5.97 Å². The van der Waals surface area contributed by atoms with E-state index in [2.05, 4.69) is 20.8 Å².